The molecular weight excluding hydrogens is 428 g/mol. The van der Waals surface area contributed by atoms with Gasteiger partial charge in [-0.05, 0) is 55.0 Å². The van der Waals surface area contributed by atoms with Crippen molar-refractivity contribution in [2.24, 2.45) is 0 Å². The summed E-state index contributed by atoms with van der Waals surface area (Å²) in [4.78, 5) is 31.9. The first-order valence-corrected chi connectivity index (χ1v) is 11.2. The number of aryl methyl sites for hydroxylation is 1. The van der Waals surface area contributed by atoms with E-state index in [0.717, 1.165) is 22.5 Å². The van der Waals surface area contributed by atoms with Crippen molar-refractivity contribution >= 4 is 28.5 Å². The van der Waals surface area contributed by atoms with Crippen molar-refractivity contribution in [2.75, 3.05) is 25.6 Å². The second kappa shape index (κ2) is 10.7. The van der Waals surface area contributed by atoms with Crippen LogP contribution in [0, 0.1) is 0 Å². The Hall–Kier alpha value is -4.13. The van der Waals surface area contributed by atoms with Crippen LogP contribution >= 0.6 is 0 Å². The van der Waals surface area contributed by atoms with E-state index >= 15 is 0 Å². The van der Waals surface area contributed by atoms with Crippen LogP contribution in [-0.4, -0.2) is 42.1 Å². The number of para-hydroxylation sites is 3. The number of ether oxygens (including phenoxy) is 1. The number of aromatic nitrogens is 2. The summed E-state index contributed by atoms with van der Waals surface area (Å²) >= 11 is 0. The summed E-state index contributed by atoms with van der Waals surface area (Å²) in [6, 6.07) is 24.4. The second-order valence-electron chi connectivity index (χ2n) is 7.98. The predicted octanol–water partition coefficient (Wildman–Crippen LogP) is 4.07. The minimum Gasteiger partial charge on any atom is -0.497 e. The van der Waals surface area contributed by atoms with E-state index in [1.165, 1.54) is 0 Å². The number of nitrogens with one attached hydrogen (secondary N) is 1. The number of nitrogens with zero attached hydrogens (tertiary/aromatic N) is 3. The van der Waals surface area contributed by atoms with Crippen molar-refractivity contribution in [3.05, 3.63) is 90.3 Å². The smallest absolute Gasteiger partial charge is 0.251 e. The number of hydrogen-bond donors (Lipinski definition) is 1. The van der Waals surface area contributed by atoms with E-state index in [2.05, 4.69) is 5.32 Å². The SMILES string of the molecule is COc1ccc(C(=O)NCCCc2nc3ccccc3n2CC(=O)N(C)c2ccccc2)cc1. The van der Waals surface area contributed by atoms with Gasteiger partial charge in [0.15, 0.2) is 0 Å². The number of methoxy groups -OCH3 is 1. The van der Waals surface area contributed by atoms with E-state index in [0.29, 0.717) is 30.7 Å². The molecule has 0 saturated carbocycles. The minimum absolute atomic E-state index is 0.0246. The summed E-state index contributed by atoms with van der Waals surface area (Å²) in [5, 5.41) is 2.95. The Kier molecular flexibility index (Phi) is 7.22. The van der Waals surface area contributed by atoms with Gasteiger partial charge >= 0.3 is 0 Å². The van der Waals surface area contributed by atoms with Crippen LogP contribution in [0.15, 0.2) is 78.9 Å². The minimum atomic E-state index is -0.129. The molecule has 1 heterocycles. The third-order valence-electron chi connectivity index (χ3n) is 5.76. The van der Waals surface area contributed by atoms with E-state index in [-0.39, 0.29) is 18.4 Å². The highest BCUT2D eigenvalue weighted by Crippen LogP contribution is 2.19. The summed E-state index contributed by atoms with van der Waals surface area (Å²) in [5.74, 6) is 1.39. The number of fused-ring (bicyclic) bond motifs is 1. The molecule has 7 heteroatoms. The average molecular weight is 457 g/mol. The van der Waals surface area contributed by atoms with Crippen LogP contribution in [0.3, 0.4) is 0 Å². The van der Waals surface area contributed by atoms with Crippen LogP contribution in [0.2, 0.25) is 0 Å². The van der Waals surface area contributed by atoms with Gasteiger partial charge in [0.05, 0.1) is 18.1 Å². The van der Waals surface area contributed by atoms with E-state index in [9.17, 15) is 9.59 Å². The van der Waals surface area contributed by atoms with Gasteiger partial charge < -0.3 is 19.5 Å². The van der Waals surface area contributed by atoms with E-state index < -0.39 is 0 Å². The first kappa shape index (κ1) is 23.0. The van der Waals surface area contributed by atoms with Crippen molar-refractivity contribution in [3.8, 4) is 5.75 Å². The summed E-state index contributed by atoms with van der Waals surface area (Å²) in [6.45, 7) is 0.700. The first-order valence-electron chi connectivity index (χ1n) is 11.2. The summed E-state index contributed by atoms with van der Waals surface area (Å²) in [7, 11) is 3.38. The molecule has 0 unspecified atom stereocenters. The predicted molar refractivity (Wildman–Crippen MR) is 133 cm³/mol. The Morgan fingerprint density at radius 3 is 2.41 bits per heavy atom. The number of hydrogen-bond acceptors (Lipinski definition) is 4. The highest BCUT2D eigenvalue weighted by molar-refractivity contribution is 5.94. The van der Waals surface area contributed by atoms with E-state index in [4.69, 9.17) is 9.72 Å². The Labute approximate surface area is 199 Å². The number of anilines is 1. The molecule has 1 N–H and O–H groups in total. The zero-order chi connectivity index (χ0) is 23.9. The summed E-state index contributed by atoms with van der Waals surface area (Å²) in [5.41, 5.74) is 3.21. The second-order valence-corrected chi connectivity index (χ2v) is 7.98. The molecular formula is C27H28N4O3. The van der Waals surface area contributed by atoms with Gasteiger partial charge in [0.2, 0.25) is 5.91 Å². The number of amides is 2. The molecule has 1 aromatic heterocycles. The largest absolute Gasteiger partial charge is 0.497 e. The Bertz CT molecular complexity index is 1270. The van der Waals surface area contributed by atoms with E-state index in [1.807, 2.05) is 59.2 Å². The monoisotopic (exact) mass is 456 g/mol. The summed E-state index contributed by atoms with van der Waals surface area (Å²) in [6.07, 6.45) is 1.34. The number of rotatable bonds is 9. The van der Waals surface area contributed by atoms with Crippen LogP contribution in [0.5, 0.6) is 5.75 Å². The topological polar surface area (TPSA) is 76.5 Å². The van der Waals surface area contributed by atoms with Crippen molar-refractivity contribution < 1.29 is 14.3 Å². The van der Waals surface area contributed by atoms with Gasteiger partial charge in [-0.1, -0.05) is 30.3 Å². The van der Waals surface area contributed by atoms with Crippen LogP contribution in [0.4, 0.5) is 5.69 Å². The molecule has 0 spiro atoms. The van der Waals surface area contributed by atoms with Crippen LogP contribution < -0.4 is 15.0 Å². The van der Waals surface area contributed by atoms with Crippen molar-refractivity contribution in [1.82, 2.24) is 14.9 Å². The lowest BCUT2D eigenvalue weighted by Crippen LogP contribution is -2.30. The van der Waals surface area contributed by atoms with Crippen LogP contribution in [-0.2, 0) is 17.8 Å². The standard InChI is InChI=1S/C27H28N4O3/c1-30(21-9-4-3-5-10-21)26(32)19-31-24-12-7-6-11-23(24)29-25(31)13-8-18-28-27(33)20-14-16-22(34-2)17-15-20/h3-7,9-12,14-17H,8,13,18-19H2,1-2H3,(H,28,33). The van der Waals surface area contributed by atoms with Gasteiger partial charge in [-0.25, -0.2) is 4.98 Å². The Morgan fingerprint density at radius 1 is 0.971 bits per heavy atom. The lowest BCUT2D eigenvalue weighted by Gasteiger charge is -2.18. The fraction of sp³-hybridized carbons (Fsp3) is 0.222. The highest BCUT2D eigenvalue weighted by Gasteiger charge is 2.17. The van der Waals surface area contributed by atoms with Crippen molar-refractivity contribution in [3.63, 3.8) is 0 Å². The van der Waals surface area contributed by atoms with Gasteiger partial charge in [0, 0.05) is 31.3 Å². The quantitative estimate of drug-likeness (QED) is 0.385. The molecule has 0 bridgehead atoms. The zero-order valence-corrected chi connectivity index (χ0v) is 19.4. The summed E-state index contributed by atoms with van der Waals surface area (Å²) < 4.78 is 7.11. The molecule has 0 aliphatic rings. The number of carbonyl (C=O) groups is 2. The van der Waals surface area contributed by atoms with Crippen LogP contribution in [0.1, 0.15) is 22.6 Å². The third kappa shape index (κ3) is 5.26. The number of benzene rings is 3. The highest BCUT2D eigenvalue weighted by atomic mass is 16.5. The lowest BCUT2D eigenvalue weighted by atomic mass is 10.2. The third-order valence-corrected chi connectivity index (χ3v) is 5.76. The molecule has 174 valence electrons. The molecule has 0 fully saturated rings. The molecule has 2 amide bonds. The van der Waals surface area contributed by atoms with Crippen molar-refractivity contribution in [2.45, 2.75) is 19.4 Å². The maximum absolute atomic E-state index is 13.0. The Balaban J connectivity index is 1.41. The average Bonchev–Trinajstić information content (AvgIpc) is 3.23. The van der Waals surface area contributed by atoms with Crippen LogP contribution in [0.25, 0.3) is 11.0 Å². The molecule has 7 nitrogen and oxygen atoms in total. The van der Waals surface area contributed by atoms with Gasteiger partial charge in [-0.2, -0.15) is 0 Å². The fourth-order valence-corrected chi connectivity index (χ4v) is 3.82. The molecule has 0 aliphatic carbocycles. The van der Waals surface area contributed by atoms with Gasteiger partial charge in [-0.3, -0.25) is 9.59 Å². The Morgan fingerprint density at radius 2 is 1.68 bits per heavy atom. The molecule has 0 aliphatic heterocycles. The molecule has 0 saturated heterocycles. The molecule has 3 aromatic carbocycles. The van der Waals surface area contributed by atoms with Gasteiger partial charge in [-0.15, -0.1) is 0 Å². The number of carbonyl (C=O) groups excluding carboxylic acids is 2. The molecule has 4 aromatic rings. The van der Waals surface area contributed by atoms with Gasteiger partial charge in [0.1, 0.15) is 18.1 Å². The lowest BCUT2D eigenvalue weighted by molar-refractivity contribution is -0.118. The zero-order valence-electron chi connectivity index (χ0n) is 19.4. The van der Waals surface area contributed by atoms with Gasteiger partial charge in [0.25, 0.3) is 5.91 Å². The number of likely N-dealkylation sites (N-methyl/N-ethyl adjacent to an activating group) is 1. The molecule has 0 atom stereocenters. The molecule has 4 rings (SSSR count). The number of imidazole rings is 1. The van der Waals surface area contributed by atoms with E-state index in [1.54, 1.807) is 43.3 Å². The molecule has 34 heavy (non-hydrogen) atoms. The van der Waals surface area contributed by atoms with Crippen molar-refractivity contribution in [1.29, 1.82) is 0 Å². The first-order chi connectivity index (χ1) is 16.6. The molecule has 0 radical (unpaired) electrons. The maximum Gasteiger partial charge on any atom is 0.251 e. The normalized spacial score (nSPS) is 10.8. The maximum atomic E-state index is 13.0. The fourth-order valence-electron chi connectivity index (χ4n) is 3.82.